The van der Waals surface area contributed by atoms with Crippen LogP contribution in [-0.2, 0) is 0 Å². The number of hydrogen-bond acceptors (Lipinski definition) is 4. The van der Waals surface area contributed by atoms with Gasteiger partial charge in [-0.3, -0.25) is 9.80 Å². The van der Waals surface area contributed by atoms with Crippen LogP contribution < -0.4 is 9.64 Å². The van der Waals surface area contributed by atoms with E-state index in [4.69, 9.17) is 4.74 Å². The number of piperidine rings is 1. The summed E-state index contributed by atoms with van der Waals surface area (Å²) >= 11 is 0. The van der Waals surface area contributed by atoms with Crippen molar-refractivity contribution >= 4 is 5.69 Å². The Morgan fingerprint density at radius 1 is 0.741 bits per heavy atom. The first-order valence-corrected chi connectivity index (χ1v) is 11.2. The van der Waals surface area contributed by atoms with Gasteiger partial charge in [0.15, 0.2) is 0 Å². The van der Waals surface area contributed by atoms with Crippen molar-refractivity contribution in [2.75, 3.05) is 51.3 Å². The second kappa shape index (κ2) is 9.29. The summed E-state index contributed by atoms with van der Waals surface area (Å²) in [7, 11) is 1.78. The van der Waals surface area contributed by atoms with E-state index < -0.39 is 0 Å². The Labute approximate surface area is 165 Å². The summed E-state index contributed by atoms with van der Waals surface area (Å²) in [6.07, 6.45) is 11.5. The number of anilines is 1. The number of rotatable bonds is 4. The first-order chi connectivity index (χ1) is 13.3. The molecule has 1 aromatic carbocycles. The largest absolute Gasteiger partial charge is 0.495 e. The molecule has 2 heterocycles. The molecule has 27 heavy (non-hydrogen) atoms. The second-order valence-corrected chi connectivity index (χ2v) is 8.63. The van der Waals surface area contributed by atoms with Crippen molar-refractivity contribution in [3.63, 3.8) is 0 Å². The lowest BCUT2D eigenvalue weighted by Gasteiger charge is -2.45. The highest BCUT2D eigenvalue weighted by Crippen LogP contribution is 2.30. The molecule has 2 aliphatic heterocycles. The summed E-state index contributed by atoms with van der Waals surface area (Å²) in [6, 6.07) is 10.1. The predicted molar refractivity (Wildman–Crippen MR) is 113 cm³/mol. The van der Waals surface area contributed by atoms with Crippen LogP contribution in [-0.4, -0.2) is 68.3 Å². The topological polar surface area (TPSA) is 19.0 Å². The second-order valence-electron chi connectivity index (χ2n) is 8.63. The quantitative estimate of drug-likeness (QED) is 0.745. The molecule has 1 aromatic rings. The first kappa shape index (κ1) is 19.1. The lowest BCUT2D eigenvalue weighted by atomic mass is 9.98. The average Bonchev–Trinajstić information content (AvgIpc) is 3.04. The highest BCUT2D eigenvalue weighted by atomic mass is 16.5. The smallest absolute Gasteiger partial charge is 0.142 e. The van der Waals surface area contributed by atoms with E-state index in [1.807, 2.05) is 0 Å². The Hall–Kier alpha value is -1.26. The zero-order valence-corrected chi connectivity index (χ0v) is 17.1. The molecule has 4 nitrogen and oxygen atoms in total. The van der Waals surface area contributed by atoms with Gasteiger partial charge in [-0.05, 0) is 44.4 Å². The summed E-state index contributed by atoms with van der Waals surface area (Å²) in [6.45, 7) is 7.23. The lowest BCUT2D eigenvalue weighted by molar-refractivity contribution is 0.0624. The van der Waals surface area contributed by atoms with E-state index in [0.29, 0.717) is 0 Å². The molecule has 3 fully saturated rings. The van der Waals surface area contributed by atoms with E-state index in [1.165, 1.54) is 83.2 Å². The molecule has 0 bridgehead atoms. The van der Waals surface area contributed by atoms with Gasteiger partial charge >= 0.3 is 0 Å². The zero-order valence-electron chi connectivity index (χ0n) is 17.1. The van der Waals surface area contributed by atoms with E-state index >= 15 is 0 Å². The van der Waals surface area contributed by atoms with Crippen LogP contribution in [0.5, 0.6) is 5.75 Å². The number of benzene rings is 1. The minimum atomic E-state index is 0.766. The number of hydrogen-bond donors (Lipinski definition) is 0. The molecular formula is C23H37N3O. The first-order valence-electron chi connectivity index (χ1n) is 11.2. The molecule has 0 N–H and O–H groups in total. The van der Waals surface area contributed by atoms with E-state index in [0.717, 1.165) is 30.9 Å². The molecule has 1 atom stereocenters. The molecule has 3 aliphatic rings. The van der Waals surface area contributed by atoms with Gasteiger partial charge in [-0.2, -0.15) is 0 Å². The van der Waals surface area contributed by atoms with Crippen LogP contribution in [0.15, 0.2) is 24.3 Å². The molecule has 2 saturated heterocycles. The van der Waals surface area contributed by atoms with Crippen LogP contribution in [0.1, 0.15) is 51.4 Å². The third-order valence-corrected chi connectivity index (χ3v) is 7.03. The minimum Gasteiger partial charge on any atom is -0.495 e. The van der Waals surface area contributed by atoms with Gasteiger partial charge < -0.3 is 9.64 Å². The Morgan fingerprint density at radius 2 is 1.44 bits per heavy atom. The van der Waals surface area contributed by atoms with Crippen molar-refractivity contribution in [1.29, 1.82) is 0 Å². The predicted octanol–water partition coefficient (Wildman–Crippen LogP) is 4.00. The van der Waals surface area contributed by atoms with E-state index in [-0.39, 0.29) is 0 Å². The molecule has 0 radical (unpaired) electrons. The van der Waals surface area contributed by atoms with Gasteiger partial charge in [0, 0.05) is 44.8 Å². The molecular weight excluding hydrogens is 334 g/mol. The van der Waals surface area contributed by atoms with E-state index in [1.54, 1.807) is 7.11 Å². The number of nitrogens with zero attached hydrogens (tertiary/aromatic N) is 3. The summed E-state index contributed by atoms with van der Waals surface area (Å²) in [5.41, 5.74) is 1.25. The molecule has 1 saturated carbocycles. The Balaban J connectivity index is 1.32. The summed E-state index contributed by atoms with van der Waals surface area (Å²) in [5.74, 6) is 1.00. The molecule has 0 aromatic heterocycles. The molecule has 4 rings (SSSR count). The van der Waals surface area contributed by atoms with Crippen molar-refractivity contribution in [2.45, 2.75) is 63.5 Å². The molecule has 4 heteroatoms. The van der Waals surface area contributed by atoms with Crippen molar-refractivity contribution in [3.05, 3.63) is 24.3 Å². The minimum absolute atomic E-state index is 0.766. The third kappa shape index (κ3) is 4.60. The monoisotopic (exact) mass is 371 g/mol. The van der Waals surface area contributed by atoms with Crippen LogP contribution in [0.2, 0.25) is 0 Å². The number of ether oxygens (including phenoxy) is 1. The summed E-state index contributed by atoms with van der Waals surface area (Å²) < 4.78 is 5.57. The maximum atomic E-state index is 5.57. The van der Waals surface area contributed by atoms with Gasteiger partial charge in [0.2, 0.25) is 0 Å². The van der Waals surface area contributed by atoms with Gasteiger partial charge in [0.05, 0.1) is 12.8 Å². The maximum Gasteiger partial charge on any atom is 0.142 e. The van der Waals surface area contributed by atoms with Gasteiger partial charge in [-0.25, -0.2) is 0 Å². The third-order valence-electron chi connectivity index (χ3n) is 7.03. The highest BCUT2D eigenvalue weighted by molar-refractivity contribution is 5.58. The van der Waals surface area contributed by atoms with Crippen molar-refractivity contribution in [3.8, 4) is 5.75 Å². The van der Waals surface area contributed by atoms with Crippen LogP contribution in [0.25, 0.3) is 0 Å². The SMILES string of the molecule is COc1ccccc1N1CCN([C@H]2CCCN(C3CCCCCC3)C2)CC1. The van der Waals surface area contributed by atoms with Crippen LogP contribution in [0.3, 0.4) is 0 Å². The van der Waals surface area contributed by atoms with Crippen LogP contribution in [0.4, 0.5) is 5.69 Å². The molecule has 0 unspecified atom stereocenters. The standard InChI is InChI=1S/C23H37N3O/c1-27-23-13-7-6-12-22(23)25-17-15-24(16-18-25)21-11-8-14-26(19-21)20-9-4-2-3-5-10-20/h6-7,12-13,20-21H,2-5,8-11,14-19H2,1H3/t21-/m0/s1. The van der Waals surface area contributed by atoms with Crippen molar-refractivity contribution < 1.29 is 4.74 Å². The van der Waals surface area contributed by atoms with Crippen molar-refractivity contribution in [1.82, 2.24) is 9.80 Å². The highest BCUT2D eigenvalue weighted by Gasteiger charge is 2.31. The Kier molecular flexibility index (Phi) is 6.56. The molecule has 0 amide bonds. The molecule has 150 valence electrons. The van der Waals surface area contributed by atoms with Gasteiger partial charge in [-0.15, -0.1) is 0 Å². The normalized spacial score (nSPS) is 26.7. The number of piperazine rings is 1. The molecule has 0 spiro atoms. The fourth-order valence-corrected chi connectivity index (χ4v) is 5.45. The summed E-state index contributed by atoms with van der Waals surface area (Å²) in [4.78, 5) is 8.13. The average molecular weight is 372 g/mol. The Bertz CT molecular complexity index is 577. The Morgan fingerprint density at radius 3 is 2.19 bits per heavy atom. The van der Waals surface area contributed by atoms with E-state index in [2.05, 4.69) is 39.0 Å². The maximum absolute atomic E-state index is 5.57. The van der Waals surface area contributed by atoms with Crippen molar-refractivity contribution in [2.24, 2.45) is 0 Å². The number of likely N-dealkylation sites (tertiary alicyclic amines) is 1. The zero-order chi connectivity index (χ0) is 18.5. The van der Waals surface area contributed by atoms with Gasteiger partial charge in [0.1, 0.15) is 5.75 Å². The van der Waals surface area contributed by atoms with Gasteiger partial charge in [0.25, 0.3) is 0 Å². The number of para-hydroxylation sites is 2. The lowest BCUT2D eigenvalue weighted by Crippen LogP contribution is -2.56. The molecule has 1 aliphatic carbocycles. The van der Waals surface area contributed by atoms with E-state index in [9.17, 15) is 0 Å². The van der Waals surface area contributed by atoms with Crippen LogP contribution in [0, 0.1) is 0 Å². The fourth-order valence-electron chi connectivity index (χ4n) is 5.45. The summed E-state index contributed by atoms with van der Waals surface area (Å²) in [5, 5.41) is 0. The van der Waals surface area contributed by atoms with Crippen LogP contribution >= 0.6 is 0 Å². The fraction of sp³-hybridized carbons (Fsp3) is 0.739. The number of methoxy groups -OCH3 is 1. The van der Waals surface area contributed by atoms with Gasteiger partial charge in [-0.1, -0.05) is 37.8 Å².